The van der Waals surface area contributed by atoms with Gasteiger partial charge in [-0.15, -0.1) is 0 Å². The number of anilines is 1. The third-order valence-electron chi connectivity index (χ3n) is 3.17. The molecule has 0 aliphatic carbocycles. The minimum Gasteiger partial charge on any atom is -0.462 e. The fourth-order valence-corrected chi connectivity index (χ4v) is 2.36. The van der Waals surface area contributed by atoms with Crippen LogP contribution < -0.4 is 10.6 Å². The fraction of sp³-hybridized carbons (Fsp3) is 0.278. The van der Waals surface area contributed by atoms with Gasteiger partial charge in [0.2, 0.25) is 5.91 Å². The van der Waals surface area contributed by atoms with Crippen LogP contribution in [0.15, 0.2) is 45.5 Å². The second kappa shape index (κ2) is 9.19. The Morgan fingerprint density at radius 3 is 2.38 bits per heavy atom. The van der Waals surface area contributed by atoms with Crippen molar-refractivity contribution in [2.24, 2.45) is 0 Å². The zero-order valence-electron chi connectivity index (χ0n) is 14.4. The van der Waals surface area contributed by atoms with Gasteiger partial charge in [-0.3, -0.25) is 14.4 Å². The average molecular weight is 423 g/mol. The van der Waals surface area contributed by atoms with Crippen molar-refractivity contribution in [1.82, 2.24) is 5.32 Å². The number of rotatable bonds is 7. The molecule has 2 amide bonds. The molecule has 0 unspecified atom stereocenters. The lowest BCUT2D eigenvalue weighted by atomic mass is 10.1. The lowest BCUT2D eigenvalue weighted by Gasteiger charge is -2.09. The molecule has 1 heterocycles. The number of benzene rings is 1. The van der Waals surface area contributed by atoms with Gasteiger partial charge in [-0.2, -0.15) is 0 Å². The van der Waals surface area contributed by atoms with Gasteiger partial charge in [-0.25, -0.2) is 0 Å². The van der Waals surface area contributed by atoms with Crippen LogP contribution in [-0.4, -0.2) is 30.4 Å². The number of esters is 1. The third kappa shape index (κ3) is 6.36. The van der Waals surface area contributed by atoms with Gasteiger partial charge in [0.1, 0.15) is 6.54 Å². The van der Waals surface area contributed by atoms with E-state index >= 15 is 0 Å². The number of hydrogen-bond donors (Lipinski definition) is 2. The molecule has 1 aromatic heterocycles. The molecule has 2 aromatic rings. The van der Waals surface area contributed by atoms with Gasteiger partial charge in [-0.1, -0.05) is 12.1 Å². The molecule has 8 heteroatoms. The largest absolute Gasteiger partial charge is 0.462 e. The first-order valence-electron chi connectivity index (χ1n) is 7.95. The number of hydrogen-bond acceptors (Lipinski definition) is 5. The summed E-state index contributed by atoms with van der Waals surface area (Å²) in [6, 6.07) is 10.0. The van der Waals surface area contributed by atoms with Crippen molar-refractivity contribution in [2.45, 2.75) is 26.4 Å². The Morgan fingerprint density at radius 2 is 1.81 bits per heavy atom. The number of nitrogens with one attached hydrogen (secondary N) is 2. The summed E-state index contributed by atoms with van der Waals surface area (Å²) in [7, 11) is 0. The number of carbonyl (C=O) groups excluding carboxylic acids is 3. The molecule has 0 aliphatic rings. The summed E-state index contributed by atoms with van der Waals surface area (Å²) in [5, 5.41) is 5.20. The Kier molecular flexibility index (Phi) is 6.97. The molecule has 0 saturated heterocycles. The Bertz CT molecular complexity index is 783. The zero-order chi connectivity index (χ0) is 19.1. The van der Waals surface area contributed by atoms with E-state index in [9.17, 15) is 14.4 Å². The summed E-state index contributed by atoms with van der Waals surface area (Å²) < 4.78 is 10.6. The Morgan fingerprint density at radius 1 is 1.12 bits per heavy atom. The van der Waals surface area contributed by atoms with Crippen LogP contribution in [0, 0.1) is 0 Å². The average Bonchev–Trinajstić information content (AvgIpc) is 3.01. The topological polar surface area (TPSA) is 97.6 Å². The van der Waals surface area contributed by atoms with E-state index in [2.05, 4.69) is 26.6 Å². The van der Waals surface area contributed by atoms with Crippen molar-refractivity contribution in [3.05, 3.63) is 52.4 Å². The van der Waals surface area contributed by atoms with Crippen LogP contribution in [0.1, 0.15) is 30.0 Å². The van der Waals surface area contributed by atoms with Crippen LogP contribution in [0.5, 0.6) is 0 Å². The quantitative estimate of drug-likeness (QED) is 0.668. The molecule has 7 nitrogen and oxygen atoms in total. The van der Waals surface area contributed by atoms with Crippen LogP contribution in [0.3, 0.4) is 0 Å². The van der Waals surface area contributed by atoms with Crippen LogP contribution in [0.25, 0.3) is 0 Å². The molecular formula is C18H19BrN2O5. The maximum Gasteiger partial charge on any atom is 0.325 e. The third-order valence-corrected chi connectivity index (χ3v) is 3.60. The lowest BCUT2D eigenvalue weighted by Crippen LogP contribution is -2.32. The highest BCUT2D eigenvalue weighted by Gasteiger charge is 2.11. The van der Waals surface area contributed by atoms with Crippen LogP contribution in [0.4, 0.5) is 5.69 Å². The molecule has 138 valence electrons. The first-order chi connectivity index (χ1) is 12.3. The van der Waals surface area contributed by atoms with Gasteiger partial charge in [0, 0.05) is 5.69 Å². The smallest absolute Gasteiger partial charge is 0.325 e. The van der Waals surface area contributed by atoms with E-state index in [0.29, 0.717) is 10.4 Å². The zero-order valence-corrected chi connectivity index (χ0v) is 16.0. The molecule has 0 radical (unpaired) electrons. The normalized spacial score (nSPS) is 10.5. The van der Waals surface area contributed by atoms with Crippen LogP contribution in [0.2, 0.25) is 0 Å². The van der Waals surface area contributed by atoms with E-state index < -0.39 is 5.97 Å². The van der Waals surface area contributed by atoms with Crippen molar-refractivity contribution >= 4 is 39.4 Å². The summed E-state index contributed by atoms with van der Waals surface area (Å²) in [6.45, 7) is 3.32. The second-order valence-electron chi connectivity index (χ2n) is 5.75. The molecule has 26 heavy (non-hydrogen) atoms. The molecule has 2 rings (SSSR count). The second-order valence-corrected chi connectivity index (χ2v) is 6.53. The first kappa shape index (κ1) is 19.7. The van der Waals surface area contributed by atoms with Crippen LogP contribution in [-0.2, 0) is 20.7 Å². The molecular weight excluding hydrogens is 404 g/mol. The van der Waals surface area contributed by atoms with Crippen molar-refractivity contribution in [3.63, 3.8) is 0 Å². The van der Waals surface area contributed by atoms with Gasteiger partial charge in [0.15, 0.2) is 10.4 Å². The van der Waals surface area contributed by atoms with Crippen LogP contribution >= 0.6 is 15.9 Å². The molecule has 0 spiro atoms. The molecule has 0 saturated carbocycles. The van der Waals surface area contributed by atoms with E-state index in [0.717, 1.165) is 5.56 Å². The first-order valence-corrected chi connectivity index (χ1v) is 8.74. The van der Waals surface area contributed by atoms with E-state index in [1.54, 1.807) is 50.2 Å². The highest BCUT2D eigenvalue weighted by Crippen LogP contribution is 2.16. The number of amides is 2. The van der Waals surface area contributed by atoms with Gasteiger partial charge in [0.25, 0.3) is 5.91 Å². The van der Waals surface area contributed by atoms with Crippen molar-refractivity contribution in [1.29, 1.82) is 0 Å². The minimum atomic E-state index is -0.476. The predicted octanol–water partition coefficient (Wildman–Crippen LogP) is 2.90. The number of carbonyl (C=O) groups is 3. The molecule has 0 bridgehead atoms. The summed E-state index contributed by atoms with van der Waals surface area (Å²) in [6.07, 6.45) is -0.0987. The summed E-state index contributed by atoms with van der Waals surface area (Å²) >= 11 is 3.14. The van der Waals surface area contributed by atoms with Gasteiger partial charge >= 0.3 is 5.97 Å². The number of furan rings is 1. The Balaban J connectivity index is 1.82. The molecule has 0 atom stereocenters. The van der Waals surface area contributed by atoms with Crippen molar-refractivity contribution in [2.75, 3.05) is 11.9 Å². The van der Waals surface area contributed by atoms with Gasteiger partial charge < -0.3 is 19.8 Å². The van der Waals surface area contributed by atoms with Gasteiger partial charge in [0.05, 0.1) is 12.5 Å². The SMILES string of the molecule is CC(C)OC(=O)CNC(=O)Cc1ccc(NC(=O)c2ccc(Br)o2)cc1. The predicted molar refractivity (Wildman–Crippen MR) is 98.7 cm³/mol. The van der Waals surface area contributed by atoms with Crippen molar-refractivity contribution < 1.29 is 23.5 Å². The number of ether oxygens (including phenoxy) is 1. The minimum absolute atomic E-state index is 0.119. The molecule has 2 N–H and O–H groups in total. The lowest BCUT2D eigenvalue weighted by molar-refractivity contribution is -0.147. The maximum absolute atomic E-state index is 12.0. The highest BCUT2D eigenvalue weighted by molar-refractivity contribution is 9.10. The molecule has 1 aromatic carbocycles. The van der Waals surface area contributed by atoms with E-state index in [4.69, 9.17) is 9.15 Å². The number of halogens is 1. The maximum atomic E-state index is 12.0. The summed E-state index contributed by atoms with van der Waals surface area (Å²) in [5.74, 6) is -0.947. The van der Waals surface area contributed by atoms with E-state index in [1.807, 2.05) is 0 Å². The Labute approximate surface area is 159 Å². The standard InChI is InChI=1S/C18H19BrN2O5/c1-11(2)25-17(23)10-20-16(22)9-12-3-5-13(6-4-12)21-18(24)14-7-8-15(19)26-14/h3-8,11H,9-10H2,1-2H3,(H,20,22)(H,21,24). The van der Waals surface area contributed by atoms with Gasteiger partial charge in [-0.05, 0) is 59.6 Å². The Hall–Kier alpha value is -2.61. The monoisotopic (exact) mass is 422 g/mol. The van der Waals surface area contributed by atoms with E-state index in [-0.39, 0.29) is 36.6 Å². The molecule has 0 fully saturated rings. The van der Waals surface area contributed by atoms with E-state index in [1.165, 1.54) is 0 Å². The van der Waals surface area contributed by atoms with Crippen molar-refractivity contribution in [3.8, 4) is 0 Å². The summed E-state index contributed by atoms with van der Waals surface area (Å²) in [4.78, 5) is 35.2. The fourth-order valence-electron chi connectivity index (χ4n) is 2.06. The molecule has 0 aliphatic heterocycles. The highest BCUT2D eigenvalue weighted by atomic mass is 79.9. The summed E-state index contributed by atoms with van der Waals surface area (Å²) in [5.41, 5.74) is 1.32.